The summed E-state index contributed by atoms with van der Waals surface area (Å²) in [5.74, 6) is -0.510. The fraction of sp³-hybridized carbons (Fsp3) is 0.304. The number of H-pyrrole nitrogens is 1. The van der Waals surface area contributed by atoms with Crippen LogP contribution in [0.15, 0.2) is 54.9 Å². The second-order valence-electron chi connectivity index (χ2n) is 7.76. The van der Waals surface area contributed by atoms with Gasteiger partial charge in [0.2, 0.25) is 0 Å². The van der Waals surface area contributed by atoms with Gasteiger partial charge in [-0.15, -0.1) is 0 Å². The summed E-state index contributed by atoms with van der Waals surface area (Å²) in [4.78, 5) is 14.9. The average Bonchev–Trinajstić information content (AvgIpc) is 3.31. The molecule has 3 aromatic rings. The second kappa shape index (κ2) is 9.28. The molecule has 1 aromatic heterocycles. The van der Waals surface area contributed by atoms with Crippen LogP contribution in [-0.4, -0.2) is 52.4 Å². The van der Waals surface area contributed by atoms with E-state index in [4.69, 9.17) is 4.74 Å². The maximum atomic E-state index is 13.1. The van der Waals surface area contributed by atoms with Crippen LogP contribution in [0.1, 0.15) is 24.5 Å². The lowest BCUT2D eigenvalue weighted by atomic mass is 10.1. The molecule has 1 aliphatic heterocycles. The van der Waals surface area contributed by atoms with E-state index in [2.05, 4.69) is 27.5 Å². The first-order chi connectivity index (χ1) is 15.0. The predicted molar refractivity (Wildman–Crippen MR) is 115 cm³/mol. The molecule has 1 unspecified atom stereocenters. The monoisotopic (exact) mass is 424 g/mol. The number of hydrogen-bond donors (Lipinski definition) is 3. The quantitative estimate of drug-likeness (QED) is 0.565. The van der Waals surface area contributed by atoms with Gasteiger partial charge in [0.15, 0.2) is 6.10 Å². The van der Waals surface area contributed by atoms with Crippen molar-refractivity contribution in [1.29, 1.82) is 0 Å². The number of aromatic amines is 1. The van der Waals surface area contributed by atoms with E-state index < -0.39 is 17.8 Å². The Bertz CT molecular complexity index is 1020. The minimum absolute atomic E-state index is 0.0356. The number of ether oxygens (including phenoxy) is 1. The van der Waals surface area contributed by atoms with Crippen molar-refractivity contribution >= 4 is 11.6 Å². The average molecular weight is 424 g/mol. The lowest BCUT2D eigenvalue weighted by molar-refractivity contribution is -0.124. The second-order valence-corrected chi connectivity index (χ2v) is 7.76. The zero-order valence-electron chi connectivity index (χ0n) is 17.2. The summed E-state index contributed by atoms with van der Waals surface area (Å²) in [6.45, 7) is 1.88. The molecular formula is C23H25FN4O3. The zero-order chi connectivity index (χ0) is 21.8. The van der Waals surface area contributed by atoms with Gasteiger partial charge in [0.25, 0.3) is 5.91 Å². The van der Waals surface area contributed by atoms with Crippen molar-refractivity contribution in [3.8, 4) is 16.9 Å². The largest absolute Gasteiger partial charge is 0.488 e. The van der Waals surface area contributed by atoms with Gasteiger partial charge in [0.1, 0.15) is 17.7 Å². The molecule has 2 heterocycles. The smallest absolute Gasteiger partial charge is 0.257 e. The first-order valence-electron chi connectivity index (χ1n) is 10.2. The van der Waals surface area contributed by atoms with E-state index in [0.29, 0.717) is 17.0 Å². The van der Waals surface area contributed by atoms with Crippen LogP contribution in [0.25, 0.3) is 11.1 Å². The molecule has 1 aliphatic rings. The summed E-state index contributed by atoms with van der Waals surface area (Å²) in [6.07, 6.45) is 3.88. The molecule has 8 heteroatoms. The van der Waals surface area contributed by atoms with E-state index in [1.807, 2.05) is 12.1 Å². The predicted octanol–water partition coefficient (Wildman–Crippen LogP) is 3.36. The van der Waals surface area contributed by atoms with Crippen LogP contribution in [-0.2, 0) is 4.79 Å². The van der Waals surface area contributed by atoms with E-state index in [0.717, 1.165) is 37.1 Å². The SMILES string of the molecule is CN1CCC(Oc2cc(-c3cn[nH]c3)ccc2NC(=O)C(O)c2ccc(F)cc2)CC1. The van der Waals surface area contributed by atoms with Crippen molar-refractivity contribution in [2.24, 2.45) is 0 Å². The van der Waals surface area contributed by atoms with Gasteiger partial charge in [0, 0.05) is 24.8 Å². The number of rotatable bonds is 6. The number of anilines is 1. The Morgan fingerprint density at radius 2 is 1.97 bits per heavy atom. The number of hydrogen-bond acceptors (Lipinski definition) is 5. The van der Waals surface area contributed by atoms with Gasteiger partial charge in [-0.05, 0) is 55.3 Å². The first kappa shape index (κ1) is 21.0. The number of nitrogens with one attached hydrogen (secondary N) is 2. The molecule has 7 nitrogen and oxygen atoms in total. The van der Waals surface area contributed by atoms with Crippen LogP contribution >= 0.6 is 0 Å². The van der Waals surface area contributed by atoms with E-state index in [1.54, 1.807) is 18.5 Å². The number of piperidine rings is 1. The Labute approximate surface area is 179 Å². The number of carbonyl (C=O) groups excluding carboxylic acids is 1. The summed E-state index contributed by atoms with van der Waals surface area (Å²) < 4.78 is 19.4. The van der Waals surface area contributed by atoms with Crippen molar-refractivity contribution in [2.45, 2.75) is 25.0 Å². The van der Waals surface area contributed by atoms with Gasteiger partial charge in [0.05, 0.1) is 11.9 Å². The molecule has 0 aliphatic carbocycles. The van der Waals surface area contributed by atoms with Crippen molar-refractivity contribution in [2.75, 3.05) is 25.5 Å². The maximum absolute atomic E-state index is 13.1. The summed E-state index contributed by atoms with van der Waals surface area (Å²) in [6, 6.07) is 10.7. The minimum Gasteiger partial charge on any atom is -0.488 e. The minimum atomic E-state index is -1.43. The van der Waals surface area contributed by atoms with Crippen molar-refractivity contribution in [1.82, 2.24) is 15.1 Å². The lowest BCUT2D eigenvalue weighted by Crippen LogP contribution is -2.35. The molecule has 4 rings (SSSR count). The number of carbonyl (C=O) groups is 1. The van der Waals surface area contributed by atoms with Crippen LogP contribution in [0.5, 0.6) is 5.75 Å². The molecule has 1 fully saturated rings. The van der Waals surface area contributed by atoms with Gasteiger partial charge in [-0.3, -0.25) is 9.89 Å². The molecule has 31 heavy (non-hydrogen) atoms. The number of halogens is 1. The molecule has 0 bridgehead atoms. The molecular weight excluding hydrogens is 399 g/mol. The molecule has 1 atom stereocenters. The van der Waals surface area contributed by atoms with Crippen molar-refractivity contribution in [3.05, 3.63) is 66.2 Å². The van der Waals surface area contributed by atoms with Crippen molar-refractivity contribution in [3.63, 3.8) is 0 Å². The molecule has 3 N–H and O–H groups in total. The number of aromatic nitrogens is 2. The Kier molecular flexibility index (Phi) is 6.29. The molecule has 1 amide bonds. The zero-order valence-corrected chi connectivity index (χ0v) is 17.2. The van der Waals surface area contributed by atoms with Crippen LogP contribution in [0.2, 0.25) is 0 Å². The number of benzene rings is 2. The Morgan fingerprint density at radius 3 is 2.65 bits per heavy atom. The fourth-order valence-electron chi connectivity index (χ4n) is 3.59. The van der Waals surface area contributed by atoms with Crippen molar-refractivity contribution < 1.29 is 19.0 Å². The number of likely N-dealkylation sites (tertiary alicyclic amines) is 1. The number of aliphatic hydroxyl groups excluding tert-OH is 1. The van der Waals surface area contributed by atoms with Gasteiger partial charge < -0.3 is 20.1 Å². The third kappa shape index (κ3) is 5.10. The molecule has 162 valence electrons. The van der Waals surface area contributed by atoms with Crippen LogP contribution in [0.4, 0.5) is 10.1 Å². The van der Waals surface area contributed by atoms with Gasteiger partial charge >= 0.3 is 0 Å². The number of nitrogens with zero attached hydrogens (tertiary/aromatic N) is 2. The number of amides is 1. The highest BCUT2D eigenvalue weighted by Gasteiger charge is 2.22. The summed E-state index contributed by atoms with van der Waals surface area (Å²) in [7, 11) is 2.08. The van der Waals surface area contributed by atoms with E-state index >= 15 is 0 Å². The fourth-order valence-corrected chi connectivity index (χ4v) is 3.59. The highest BCUT2D eigenvalue weighted by Crippen LogP contribution is 2.33. The summed E-state index contributed by atoms with van der Waals surface area (Å²) in [5.41, 5.74) is 2.58. The maximum Gasteiger partial charge on any atom is 0.257 e. The van der Waals surface area contributed by atoms with E-state index in [1.165, 1.54) is 24.3 Å². The molecule has 2 aromatic carbocycles. The third-order valence-corrected chi connectivity index (χ3v) is 5.46. The van der Waals surface area contributed by atoms with Gasteiger partial charge in [-0.25, -0.2) is 4.39 Å². The highest BCUT2D eigenvalue weighted by atomic mass is 19.1. The normalized spacial score (nSPS) is 16.1. The molecule has 0 saturated carbocycles. The molecule has 0 spiro atoms. The molecule has 1 saturated heterocycles. The van der Waals surface area contributed by atoms with Crippen LogP contribution in [0.3, 0.4) is 0 Å². The first-order valence-corrected chi connectivity index (χ1v) is 10.2. The lowest BCUT2D eigenvalue weighted by Gasteiger charge is -2.30. The Hall–Kier alpha value is -3.23. The Morgan fingerprint density at radius 1 is 1.23 bits per heavy atom. The van der Waals surface area contributed by atoms with Gasteiger partial charge in [-0.2, -0.15) is 5.10 Å². The van der Waals surface area contributed by atoms with Crippen LogP contribution in [0, 0.1) is 5.82 Å². The topological polar surface area (TPSA) is 90.5 Å². The summed E-state index contributed by atoms with van der Waals surface area (Å²) in [5, 5.41) is 19.9. The summed E-state index contributed by atoms with van der Waals surface area (Å²) >= 11 is 0. The van der Waals surface area contributed by atoms with Gasteiger partial charge in [-0.1, -0.05) is 18.2 Å². The van der Waals surface area contributed by atoms with E-state index in [9.17, 15) is 14.3 Å². The third-order valence-electron chi connectivity index (χ3n) is 5.46. The van der Waals surface area contributed by atoms with Crippen LogP contribution < -0.4 is 10.1 Å². The van der Waals surface area contributed by atoms with E-state index in [-0.39, 0.29) is 6.10 Å². The highest BCUT2D eigenvalue weighted by molar-refractivity contribution is 5.96. The standard InChI is InChI=1S/C23H25FN4O3/c1-28-10-8-19(9-11-28)31-21-12-16(17-13-25-26-14-17)4-7-20(21)27-23(30)22(29)15-2-5-18(24)6-3-15/h2-7,12-14,19,22,29H,8-11H2,1H3,(H,25,26)(H,27,30). The molecule has 0 radical (unpaired) electrons. The Balaban J connectivity index is 1.56. The number of aliphatic hydroxyl groups is 1.